The molecule has 0 saturated carbocycles. The van der Waals surface area contributed by atoms with Crippen LogP contribution in [0.5, 0.6) is 0 Å². The highest BCUT2D eigenvalue weighted by Gasteiger charge is 2.20. The first-order valence-electron chi connectivity index (χ1n) is 8.44. The van der Waals surface area contributed by atoms with E-state index in [-0.39, 0.29) is 23.8 Å². The second kappa shape index (κ2) is 7.16. The maximum Gasteiger partial charge on any atom is 0.251 e. The van der Waals surface area contributed by atoms with E-state index in [4.69, 9.17) is 0 Å². The number of likely N-dealkylation sites (tertiary alicyclic amines) is 1. The molecule has 4 nitrogen and oxygen atoms in total. The average molecular weight is 316 g/mol. The lowest BCUT2D eigenvalue weighted by atomic mass is 9.87. The number of hydrogen-bond donors (Lipinski definition) is 1. The topological polar surface area (TPSA) is 49.4 Å². The molecule has 1 aromatic rings. The molecule has 0 bridgehead atoms. The van der Waals surface area contributed by atoms with Crippen molar-refractivity contribution in [2.24, 2.45) is 5.92 Å². The third kappa shape index (κ3) is 4.81. The molecule has 2 rings (SSSR count). The van der Waals surface area contributed by atoms with Crippen LogP contribution in [0.1, 0.15) is 56.5 Å². The van der Waals surface area contributed by atoms with E-state index in [9.17, 15) is 9.59 Å². The molecular weight excluding hydrogens is 288 g/mol. The fourth-order valence-corrected chi connectivity index (χ4v) is 2.75. The Morgan fingerprint density at radius 1 is 1.13 bits per heavy atom. The van der Waals surface area contributed by atoms with Crippen LogP contribution in [0.25, 0.3) is 0 Å². The van der Waals surface area contributed by atoms with E-state index in [2.05, 4.69) is 33.0 Å². The predicted octanol–water partition coefficient (Wildman–Crippen LogP) is 2.97. The number of benzene rings is 1. The van der Waals surface area contributed by atoms with Crippen molar-refractivity contribution in [3.05, 3.63) is 35.4 Å². The van der Waals surface area contributed by atoms with Gasteiger partial charge in [-0.15, -0.1) is 0 Å². The summed E-state index contributed by atoms with van der Waals surface area (Å²) in [4.78, 5) is 26.2. The lowest BCUT2D eigenvalue weighted by molar-refractivity contribution is -0.131. The third-order valence-corrected chi connectivity index (χ3v) is 4.55. The third-order valence-electron chi connectivity index (χ3n) is 4.55. The van der Waals surface area contributed by atoms with Gasteiger partial charge in [-0.3, -0.25) is 9.59 Å². The fourth-order valence-electron chi connectivity index (χ4n) is 2.75. The van der Waals surface area contributed by atoms with Gasteiger partial charge in [0.1, 0.15) is 0 Å². The van der Waals surface area contributed by atoms with Crippen molar-refractivity contribution in [3.63, 3.8) is 0 Å². The minimum atomic E-state index is -0.191. The summed E-state index contributed by atoms with van der Waals surface area (Å²) in [5.74, 6) is 0.510. The molecule has 4 heteroatoms. The van der Waals surface area contributed by atoms with Crippen molar-refractivity contribution in [1.29, 1.82) is 0 Å². The highest BCUT2D eigenvalue weighted by molar-refractivity contribution is 5.96. The quantitative estimate of drug-likeness (QED) is 0.932. The molecule has 0 spiro atoms. The Morgan fingerprint density at radius 3 is 2.22 bits per heavy atom. The molecule has 1 aromatic carbocycles. The van der Waals surface area contributed by atoms with Crippen LogP contribution in [0.4, 0.5) is 0 Å². The summed E-state index contributed by atoms with van der Waals surface area (Å²) in [6, 6.07) is 7.59. The summed E-state index contributed by atoms with van der Waals surface area (Å²) in [5.41, 5.74) is 1.85. The summed E-state index contributed by atoms with van der Waals surface area (Å²) >= 11 is 0. The molecule has 1 fully saturated rings. The van der Waals surface area contributed by atoms with Gasteiger partial charge in [0, 0.05) is 18.7 Å². The van der Waals surface area contributed by atoms with E-state index in [1.165, 1.54) is 5.56 Å². The van der Waals surface area contributed by atoms with Gasteiger partial charge in [-0.1, -0.05) is 39.8 Å². The number of carbonyl (C=O) groups is 2. The van der Waals surface area contributed by atoms with Crippen molar-refractivity contribution in [1.82, 2.24) is 10.2 Å². The molecule has 2 amide bonds. The molecule has 1 N–H and O–H groups in total. The molecule has 1 saturated heterocycles. The molecule has 1 aliphatic heterocycles. The van der Waals surface area contributed by atoms with E-state index >= 15 is 0 Å². The van der Waals surface area contributed by atoms with E-state index in [0.717, 1.165) is 25.9 Å². The van der Waals surface area contributed by atoms with Crippen LogP contribution >= 0.6 is 0 Å². The summed E-state index contributed by atoms with van der Waals surface area (Å²) in [7, 11) is 0. The van der Waals surface area contributed by atoms with Crippen LogP contribution in [0, 0.1) is 5.92 Å². The highest BCUT2D eigenvalue weighted by Crippen LogP contribution is 2.22. The number of rotatable bonds is 3. The maximum atomic E-state index is 12.2. The Balaban J connectivity index is 1.86. The van der Waals surface area contributed by atoms with Gasteiger partial charge in [0.15, 0.2) is 0 Å². The van der Waals surface area contributed by atoms with Crippen LogP contribution in [-0.2, 0) is 10.2 Å². The number of hydrogen-bond acceptors (Lipinski definition) is 2. The average Bonchev–Trinajstić information content (AvgIpc) is 2.52. The van der Waals surface area contributed by atoms with E-state index in [1.54, 1.807) is 0 Å². The molecular formula is C19H28N2O2. The second-order valence-corrected chi connectivity index (χ2v) is 7.57. The van der Waals surface area contributed by atoms with E-state index in [0.29, 0.717) is 11.5 Å². The van der Waals surface area contributed by atoms with E-state index in [1.807, 2.05) is 29.2 Å². The highest BCUT2D eigenvalue weighted by atomic mass is 16.2. The molecule has 1 aliphatic rings. The zero-order chi connectivity index (χ0) is 17.0. The van der Waals surface area contributed by atoms with Crippen LogP contribution < -0.4 is 5.32 Å². The fraction of sp³-hybridized carbons (Fsp3) is 0.579. The Labute approximate surface area is 139 Å². The summed E-state index contributed by atoms with van der Waals surface area (Å²) in [6.45, 7) is 10.3. The summed E-state index contributed by atoms with van der Waals surface area (Å²) in [6.07, 6.45) is 2.10. The van der Waals surface area contributed by atoms with Crippen LogP contribution in [0.2, 0.25) is 0 Å². The Kier molecular flexibility index (Phi) is 5.45. The van der Waals surface area contributed by atoms with Gasteiger partial charge in [0.25, 0.3) is 5.91 Å². The molecule has 23 heavy (non-hydrogen) atoms. The molecule has 1 heterocycles. The van der Waals surface area contributed by atoms with Gasteiger partial charge in [-0.05, 0) is 41.9 Å². The molecule has 0 unspecified atom stereocenters. The number of nitrogens with zero attached hydrogens (tertiary/aromatic N) is 1. The van der Waals surface area contributed by atoms with Gasteiger partial charge in [0.2, 0.25) is 5.91 Å². The summed E-state index contributed by atoms with van der Waals surface area (Å²) in [5, 5.41) is 2.74. The van der Waals surface area contributed by atoms with Crippen LogP contribution in [0.3, 0.4) is 0 Å². The lowest BCUT2D eigenvalue weighted by Gasteiger charge is -2.30. The summed E-state index contributed by atoms with van der Waals surface area (Å²) < 4.78 is 0. The molecule has 126 valence electrons. The standard InChI is InChI=1S/C19H28N2O2/c1-14-9-11-21(12-10-14)17(22)13-20-18(23)15-5-7-16(8-6-15)19(2,3)4/h5-8,14H,9-13H2,1-4H3,(H,20,23). The van der Waals surface area contributed by atoms with Crippen molar-refractivity contribution < 1.29 is 9.59 Å². The Hall–Kier alpha value is -1.84. The Morgan fingerprint density at radius 2 is 1.70 bits per heavy atom. The SMILES string of the molecule is CC1CCN(C(=O)CNC(=O)c2ccc(C(C)(C)C)cc2)CC1. The lowest BCUT2D eigenvalue weighted by Crippen LogP contribution is -2.43. The number of carbonyl (C=O) groups excluding carboxylic acids is 2. The number of nitrogens with one attached hydrogen (secondary N) is 1. The van der Waals surface area contributed by atoms with Gasteiger partial charge in [-0.2, -0.15) is 0 Å². The normalized spacial score (nSPS) is 16.3. The van der Waals surface area contributed by atoms with Crippen molar-refractivity contribution in [2.75, 3.05) is 19.6 Å². The first-order valence-corrected chi connectivity index (χ1v) is 8.44. The molecule has 0 radical (unpaired) electrons. The smallest absolute Gasteiger partial charge is 0.251 e. The minimum Gasteiger partial charge on any atom is -0.343 e. The van der Waals surface area contributed by atoms with Crippen molar-refractivity contribution >= 4 is 11.8 Å². The van der Waals surface area contributed by atoms with Crippen LogP contribution in [-0.4, -0.2) is 36.3 Å². The van der Waals surface area contributed by atoms with Gasteiger partial charge in [0.05, 0.1) is 6.54 Å². The zero-order valence-electron chi connectivity index (χ0n) is 14.7. The first-order chi connectivity index (χ1) is 10.8. The molecule has 0 aliphatic carbocycles. The predicted molar refractivity (Wildman–Crippen MR) is 92.5 cm³/mol. The van der Waals surface area contributed by atoms with Crippen LogP contribution in [0.15, 0.2) is 24.3 Å². The van der Waals surface area contributed by atoms with Gasteiger partial charge >= 0.3 is 0 Å². The molecule has 0 aromatic heterocycles. The van der Waals surface area contributed by atoms with E-state index < -0.39 is 0 Å². The number of amides is 2. The monoisotopic (exact) mass is 316 g/mol. The zero-order valence-corrected chi connectivity index (χ0v) is 14.7. The molecule has 0 atom stereocenters. The first kappa shape index (κ1) is 17.5. The largest absolute Gasteiger partial charge is 0.343 e. The van der Waals surface area contributed by atoms with Crippen molar-refractivity contribution in [3.8, 4) is 0 Å². The minimum absolute atomic E-state index is 0.0107. The Bertz CT molecular complexity index is 550. The van der Waals surface area contributed by atoms with Gasteiger partial charge < -0.3 is 10.2 Å². The van der Waals surface area contributed by atoms with Crippen molar-refractivity contribution in [2.45, 2.75) is 46.0 Å². The number of piperidine rings is 1. The maximum absolute atomic E-state index is 12.2. The second-order valence-electron chi connectivity index (χ2n) is 7.57. The van der Waals surface area contributed by atoms with Gasteiger partial charge in [-0.25, -0.2) is 0 Å².